The van der Waals surface area contributed by atoms with Crippen molar-refractivity contribution >= 4 is 33.0 Å². The van der Waals surface area contributed by atoms with Crippen LogP contribution in [0.2, 0.25) is 0 Å². The molecule has 1 aromatic heterocycles. The van der Waals surface area contributed by atoms with Crippen molar-refractivity contribution in [3.63, 3.8) is 0 Å². The molecule has 7 heteroatoms. The number of methoxy groups -OCH3 is 1. The number of nitrogens with zero attached hydrogens (tertiary/aromatic N) is 1. The fourth-order valence-corrected chi connectivity index (χ4v) is 5.44. The Morgan fingerprint density at radius 2 is 2.33 bits per heavy atom. The Labute approximate surface area is 117 Å². The minimum atomic E-state index is -3.38. The summed E-state index contributed by atoms with van der Waals surface area (Å²) in [6, 6.07) is 1.71. The molecule has 0 radical (unpaired) electrons. The third-order valence-electron chi connectivity index (χ3n) is 3.15. The number of halogens is 1. The highest BCUT2D eigenvalue weighted by Gasteiger charge is 2.33. The molecule has 1 aromatic rings. The zero-order valence-corrected chi connectivity index (χ0v) is 12.7. The molecule has 1 aliphatic rings. The van der Waals surface area contributed by atoms with E-state index in [1.807, 2.05) is 6.92 Å². The molecule has 0 aromatic carbocycles. The van der Waals surface area contributed by atoms with Crippen molar-refractivity contribution < 1.29 is 13.2 Å². The fraction of sp³-hybridized carbons (Fsp3) is 0.636. The van der Waals surface area contributed by atoms with Gasteiger partial charge in [-0.3, -0.25) is 0 Å². The molecule has 0 spiro atoms. The van der Waals surface area contributed by atoms with Crippen LogP contribution in [0.3, 0.4) is 0 Å². The highest BCUT2D eigenvalue weighted by atomic mass is 35.5. The normalized spacial score (nSPS) is 21.6. The average molecular weight is 310 g/mol. The van der Waals surface area contributed by atoms with Gasteiger partial charge >= 0.3 is 0 Å². The van der Waals surface area contributed by atoms with Crippen LogP contribution in [0.15, 0.2) is 10.3 Å². The summed E-state index contributed by atoms with van der Waals surface area (Å²) in [5, 5.41) is 0. The minimum Gasteiger partial charge on any atom is -0.380 e. The van der Waals surface area contributed by atoms with Crippen LogP contribution < -0.4 is 0 Å². The van der Waals surface area contributed by atoms with Crippen LogP contribution >= 0.6 is 22.9 Å². The molecule has 1 atom stereocenters. The van der Waals surface area contributed by atoms with Gasteiger partial charge in [0.25, 0.3) is 10.0 Å². The first-order valence-corrected chi connectivity index (χ1v) is 8.46. The predicted octanol–water partition coefficient (Wildman–Crippen LogP) is 2.20. The number of alkyl halides is 1. The summed E-state index contributed by atoms with van der Waals surface area (Å²) < 4.78 is 31.9. The molecule has 1 aliphatic heterocycles. The van der Waals surface area contributed by atoms with Crippen LogP contribution in [0, 0.1) is 6.92 Å². The molecule has 1 fully saturated rings. The Bertz CT molecular complexity index is 526. The first-order chi connectivity index (χ1) is 8.48. The molecule has 102 valence electrons. The van der Waals surface area contributed by atoms with E-state index in [9.17, 15) is 8.42 Å². The lowest BCUT2D eigenvalue weighted by Crippen LogP contribution is -2.29. The molecule has 18 heavy (non-hydrogen) atoms. The minimum absolute atomic E-state index is 0.00771. The van der Waals surface area contributed by atoms with Gasteiger partial charge in [-0.15, -0.1) is 22.9 Å². The van der Waals surface area contributed by atoms with Crippen molar-refractivity contribution in [1.29, 1.82) is 0 Å². The molecule has 4 nitrogen and oxygen atoms in total. The van der Waals surface area contributed by atoms with Gasteiger partial charge in [-0.25, -0.2) is 8.42 Å². The van der Waals surface area contributed by atoms with Gasteiger partial charge in [0.15, 0.2) is 0 Å². The third-order valence-corrected chi connectivity index (χ3v) is 7.13. The number of aryl methyl sites for hydroxylation is 1. The van der Waals surface area contributed by atoms with Crippen LogP contribution in [0.5, 0.6) is 0 Å². The van der Waals surface area contributed by atoms with Gasteiger partial charge < -0.3 is 4.74 Å². The first kappa shape index (κ1) is 14.3. The molecule has 0 aliphatic carbocycles. The van der Waals surface area contributed by atoms with Gasteiger partial charge in [0.1, 0.15) is 4.21 Å². The monoisotopic (exact) mass is 309 g/mol. The van der Waals surface area contributed by atoms with E-state index < -0.39 is 10.0 Å². The summed E-state index contributed by atoms with van der Waals surface area (Å²) in [5.41, 5.74) is 0.941. The van der Waals surface area contributed by atoms with Gasteiger partial charge in [0.05, 0.1) is 12.0 Å². The van der Waals surface area contributed by atoms with E-state index in [0.717, 1.165) is 16.9 Å². The number of hydrogen-bond donors (Lipinski definition) is 0. The summed E-state index contributed by atoms with van der Waals surface area (Å²) in [6.07, 6.45) is 0.760. The maximum Gasteiger partial charge on any atom is 0.252 e. The van der Waals surface area contributed by atoms with Gasteiger partial charge in [-0.05, 0) is 25.0 Å². The second-order valence-electron chi connectivity index (χ2n) is 4.31. The first-order valence-electron chi connectivity index (χ1n) is 5.67. The van der Waals surface area contributed by atoms with Gasteiger partial charge in [0.2, 0.25) is 0 Å². The molecule has 0 amide bonds. The van der Waals surface area contributed by atoms with Crippen molar-refractivity contribution in [3.05, 3.63) is 16.5 Å². The standard InChI is InChI=1S/C11H16ClNO3S2/c1-8-5-11(17-10(8)6-12)18(14,15)13-4-3-9(7-13)16-2/h5,9H,3-4,6-7H2,1-2H3. The Kier molecular flexibility index (Phi) is 4.33. The summed E-state index contributed by atoms with van der Waals surface area (Å²) in [7, 11) is -1.77. The summed E-state index contributed by atoms with van der Waals surface area (Å²) in [6.45, 7) is 2.84. The zero-order chi connectivity index (χ0) is 13.3. The van der Waals surface area contributed by atoms with Crippen molar-refractivity contribution in [2.24, 2.45) is 0 Å². The van der Waals surface area contributed by atoms with Crippen LogP contribution in [-0.2, 0) is 20.6 Å². The highest BCUT2D eigenvalue weighted by molar-refractivity contribution is 7.91. The van der Waals surface area contributed by atoms with Gasteiger partial charge in [-0.1, -0.05) is 0 Å². The number of sulfonamides is 1. The van der Waals surface area contributed by atoms with E-state index in [0.29, 0.717) is 23.2 Å². The van der Waals surface area contributed by atoms with Gasteiger partial charge in [-0.2, -0.15) is 4.31 Å². The number of rotatable bonds is 4. The van der Waals surface area contributed by atoms with Crippen molar-refractivity contribution in [2.45, 2.75) is 29.5 Å². The average Bonchev–Trinajstić information content (AvgIpc) is 2.95. The summed E-state index contributed by atoms with van der Waals surface area (Å²) in [5.74, 6) is 0.354. The molecule has 0 N–H and O–H groups in total. The van der Waals surface area contributed by atoms with E-state index in [-0.39, 0.29) is 6.10 Å². The molecule has 0 bridgehead atoms. The number of ether oxygens (including phenoxy) is 1. The van der Waals surface area contributed by atoms with Crippen molar-refractivity contribution in [3.8, 4) is 0 Å². The molecule has 1 saturated heterocycles. The Balaban J connectivity index is 2.25. The van der Waals surface area contributed by atoms with E-state index in [2.05, 4.69) is 0 Å². The Hall–Kier alpha value is -0.140. The fourth-order valence-electron chi connectivity index (χ4n) is 1.98. The highest BCUT2D eigenvalue weighted by Crippen LogP contribution is 2.31. The van der Waals surface area contributed by atoms with E-state index in [4.69, 9.17) is 16.3 Å². The largest absolute Gasteiger partial charge is 0.380 e. The van der Waals surface area contributed by atoms with Crippen LogP contribution in [0.25, 0.3) is 0 Å². The smallest absolute Gasteiger partial charge is 0.252 e. The quantitative estimate of drug-likeness (QED) is 0.801. The van der Waals surface area contributed by atoms with E-state index in [1.165, 1.54) is 15.6 Å². The van der Waals surface area contributed by atoms with E-state index in [1.54, 1.807) is 13.2 Å². The lowest BCUT2D eigenvalue weighted by molar-refractivity contribution is 0.115. The second kappa shape index (κ2) is 5.46. The number of hydrogen-bond acceptors (Lipinski definition) is 4. The molecule has 2 heterocycles. The van der Waals surface area contributed by atoms with Crippen molar-refractivity contribution in [2.75, 3.05) is 20.2 Å². The Morgan fingerprint density at radius 1 is 1.61 bits per heavy atom. The molecule has 1 unspecified atom stereocenters. The maximum atomic E-state index is 12.4. The molecule has 0 saturated carbocycles. The van der Waals surface area contributed by atoms with Gasteiger partial charge in [0, 0.05) is 25.1 Å². The second-order valence-corrected chi connectivity index (χ2v) is 7.88. The summed E-state index contributed by atoms with van der Waals surface area (Å²) in [4.78, 5) is 0.915. The molecule has 2 rings (SSSR count). The van der Waals surface area contributed by atoms with Crippen LogP contribution in [0.1, 0.15) is 16.9 Å². The van der Waals surface area contributed by atoms with E-state index >= 15 is 0 Å². The maximum absolute atomic E-state index is 12.4. The lowest BCUT2D eigenvalue weighted by Gasteiger charge is -2.14. The zero-order valence-electron chi connectivity index (χ0n) is 10.3. The molecular weight excluding hydrogens is 294 g/mol. The Morgan fingerprint density at radius 3 is 2.83 bits per heavy atom. The number of thiophene rings is 1. The lowest BCUT2D eigenvalue weighted by atomic mass is 10.3. The third kappa shape index (κ3) is 2.58. The topological polar surface area (TPSA) is 46.6 Å². The van der Waals surface area contributed by atoms with Crippen LogP contribution in [-0.4, -0.2) is 39.0 Å². The predicted molar refractivity (Wildman–Crippen MR) is 72.8 cm³/mol. The summed E-state index contributed by atoms with van der Waals surface area (Å²) >= 11 is 7.04. The van der Waals surface area contributed by atoms with Crippen molar-refractivity contribution in [1.82, 2.24) is 4.31 Å². The molecular formula is C11H16ClNO3S2. The SMILES string of the molecule is COC1CCN(S(=O)(=O)c2cc(C)c(CCl)s2)C1. The van der Waals surface area contributed by atoms with Crippen LogP contribution in [0.4, 0.5) is 0 Å².